The van der Waals surface area contributed by atoms with Gasteiger partial charge in [-0.3, -0.25) is 0 Å². The van der Waals surface area contributed by atoms with E-state index in [1.54, 1.807) is 54.6 Å². The molecule has 7 heteroatoms. The molecule has 0 aliphatic carbocycles. The lowest BCUT2D eigenvalue weighted by Gasteiger charge is -2.07. The molecule has 7 nitrogen and oxygen atoms in total. The number of carbonyl (C=O) groups excluding carboxylic acids is 3. The first-order valence-corrected chi connectivity index (χ1v) is 10.3. The second kappa shape index (κ2) is 14.0. The summed E-state index contributed by atoms with van der Waals surface area (Å²) < 4.78 is 20.7. The fourth-order valence-electron chi connectivity index (χ4n) is 2.48. The molecule has 0 saturated heterocycles. The van der Waals surface area contributed by atoms with Gasteiger partial charge in [0, 0.05) is 18.2 Å². The van der Waals surface area contributed by atoms with Gasteiger partial charge in [0.2, 0.25) is 0 Å². The van der Waals surface area contributed by atoms with Crippen LogP contribution in [0.2, 0.25) is 0 Å². The summed E-state index contributed by atoms with van der Waals surface area (Å²) in [7, 11) is 0. The molecule has 0 amide bonds. The van der Waals surface area contributed by atoms with Gasteiger partial charge in [-0.2, -0.15) is 0 Å². The van der Waals surface area contributed by atoms with Crippen molar-refractivity contribution in [2.24, 2.45) is 0 Å². The van der Waals surface area contributed by atoms with E-state index in [2.05, 4.69) is 13.2 Å². The summed E-state index contributed by atoms with van der Waals surface area (Å²) in [5, 5.41) is 0. The number of benzene rings is 2. The van der Waals surface area contributed by atoms with Gasteiger partial charge in [-0.05, 0) is 54.3 Å². The Kier molecular flexibility index (Phi) is 10.7. The molecule has 0 radical (unpaired) electrons. The van der Waals surface area contributed by atoms with Gasteiger partial charge in [0.25, 0.3) is 0 Å². The molecule has 0 atom stereocenters. The molecule has 33 heavy (non-hydrogen) atoms. The Balaban J connectivity index is 1.71. The molecular weight excluding hydrogens is 424 g/mol. The zero-order chi connectivity index (χ0) is 23.9. The van der Waals surface area contributed by atoms with E-state index in [1.807, 2.05) is 0 Å². The zero-order valence-corrected chi connectivity index (χ0v) is 18.2. The largest absolute Gasteiger partial charge is 0.494 e. The maximum absolute atomic E-state index is 12.0. The molecule has 2 aromatic carbocycles. The van der Waals surface area contributed by atoms with E-state index in [1.165, 1.54) is 6.08 Å². The van der Waals surface area contributed by atoms with Crippen LogP contribution >= 0.6 is 0 Å². The number of hydrogen-bond acceptors (Lipinski definition) is 7. The van der Waals surface area contributed by atoms with E-state index < -0.39 is 17.9 Å². The summed E-state index contributed by atoms with van der Waals surface area (Å²) >= 11 is 0. The standard InChI is InChI=1S/C26H26O7/c1-3-24(27)31-18-6-5-17-30-22-12-14-23(15-13-22)33-26(29)16-11-20-7-9-21(10-8-20)19-32-25(28)4-2/h3-4,7-16H,1-2,5-6,17-19H2. The van der Waals surface area contributed by atoms with Crippen molar-refractivity contribution in [3.63, 3.8) is 0 Å². The molecule has 0 bridgehead atoms. The molecule has 0 fully saturated rings. The first-order chi connectivity index (χ1) is 16.0. The van der Waals surface area contributed by atoms with Crippen molar-refractivity contribution < 1.29 is 33.3 Å². The minimum Gasteiger partial charge on any atom is -0.494 e. The van der Waals surface area contributed by atoms with Gasteiger partial charge in [-0.1, -0.05) is 37.4 Å². The summed E-state index contributed by atoms with van der Waals surface area (Å²) in [4.78, 5) is 34.0. The Morgan fingerprint density at radius 3 is 2.00 bits per heavy atom. The van der Waals surface area contributed by atoms with Crippen LogP contribution in [-0.2, 0) is 30.5 Å². The molecule has 0 saturated carbocycles. The number of carbonyl (C=O) groups is 3. The van der Waals surface area contributed by atoms with Crippen molar-refractivity contribution in [1.82, 2.24) is 0 Å². The van der Waals surface area contributed by atoms with E-state index in [0.717, 1.165) is 29.7 Å². The van der Waals surface area contributed by atoms with Gasteiger partial charge in [0.15, 0.2) is 0 Å². The van der Waals surface area contributed by atoms with Gasteiger partial charge in [0.1, 0.15) is 18.1 Å². The molecule has 2 aromatic rings. The third-order valence-electron chi connectivity index (χ3n) is 4.20. The number of rotatable bonds is 13. The van der Waals surface area contributed by atoms with Crippen LogP contribution in [-0.4, -0.2) is 31.1 Å². The van der Waals surface area contributed by atoms with Crippen LogP contribution in [0.25, 0.3) is 6.08 Å². The number of esters is 3. The van der Waals surface area contributed by atoms with Crippen LogP contribution in [0.5, 0.6) is 11.5 Å². The number of hydrogen-bond donors (Lipinski definition) is 0. The smallest absolute Gasteiger partial charge is 0.336 e. The summed E-state index contributed by atoms with van der Waals surface area (Å²) in [6, 6.07) is 13.9. The Labute approximate surface area is 192 Å². The highest BCUT2D eigenvalue weighted by molar-refractivity contribution is 5.88. The first kappa shape index (κ1) is 25.1. The second-order valence-electron chi connectivity index (χ2n) is 6.71. The molecule has 172 valence electrons. The minimum absolute atomic E-state index is 0.155. The van der Waals surface area contributed by atoms with Gasteiger partial charge < -0.3 is 18.9 Å². The summed E-state index contributed by atoms with van der Waals surface area (Å²) in [5.41, 5.74) is 1.62. The highest BCUT2D eigenvalue weighted by Gasteiger charge is 2.03. The molecule has 0 N–H and O–H groups in total. The lowest BCUT2D eigenvalue weighted by molar-refractivity contribution is -0.139. The third kappa shape index (κ3) is 10.1. The van der Waals surface area contributed by atoms with Crippen LogP contribution in [0.3, 0.4) is 0 Å². The first-order valence-electron chi connectivity index (χ1n) is 10.3. The van der Waals surface area contributed by atoms with E-state index in [0.29, 0.717) is 31.1 Å². The zero-order valence-electron chi connectivity index (χ0n) is 18.2. The van der Waals surface area contributed by atoms with Gasteiger partial charge in [-0.25, -0.2) is 14.4 Å². The van der Waals surface area contributed by atoms with Crippen molar-refractivity contribution in [3.8, 4) is 11.5 Å². The molecule has 0 spiro atoms. The minimum atomic E-state index is -0.512. The van der Waals surface area contributed by atoms with Crippen molar-refractivity contribution in [3.05, 3.63) is 91.0 Å². The van der Waals surface area contributed by atoms with Crippen molar-refractivity contribution in [1.29, 1.82) is 0 Å². The van der Waals surface area contributed by atoms with Gasteiger partial charge in [-0.15, -0.1) is 0 Å². The lowest BCUT2D eigenvalue weighted by atomic mass is 10.1. The molecule has 0 unspecified atom stereocenters. The van der Waals surface area contributed by atoms with E-state index >= 15 is 0 Å². The molecule has 0 heterocycles. The second-order valence-corrected chi connectivity index (χ2v) is 6.71. The average Bonchev–Trinajstić information content (AvgIpc) is 2.84. The third-order valence-corrected chi connectivity index (χ3v) is 4.20. The van der Waals surface area contributed by atoms with Crippen LogP contribution in [0.1, 0.15) is 24.0 Å². The summed E-state index contributed by atoms with van der Waals surface area (Å²) in [6.45, 7) is 7.63. The fraction of sp³-hybridized carbons (Fsp3) is 0.192. The molecule has 0 aliphatic rings. The highest BCUT2D eigenvalue weighted by atomic mass is 16.5. The van der Waals surface area contributed by atoms with Crippen LogP contribution in [0.15, 0.2) is 79.9 Å². The predicted octanol–water partition coefficient (Wildman–Crippen LogP) is 4.42. The topological polar surface area (TPSA) is 88.1 Å². The Bertz CT molecular complexity index is 973. The summed E-state index contributed by atoms with van der Waals surface area (Å²) in [6.07, 6.45) is 6.62. The van der Waals surface area contributed by atoms with Crippen molar-refractivity contribution in [2.45, 2.75) is 19.4 Å². The normalized spacial score (nSPS) is 10.3. The Morgan fingerprint density at radius 2 is 1.33 bits per heavy atom. The van der Waals surface area contributed by atoms with Gasteiger partial charge >= 0.3 is 17.9 Å². The van der Waals surface area contributed by atoms with Crippen LogP contribution in [0.4, 0.5) is 0 Å². The molecule has 0 aromatic heterocycles. The SMILES string of the molecule is C=CC(=O)OCCCCOc1ccc(OC(=O)C=Cc2ccc(COC(=O)C=C)cc2)cc1. The van der Waals surface area contributed by atoms with E-state index in [-0.39, 0.29) is 6.61 Å². The maximum Gasteiger partial charge on any atom is 0.336 e. The van der Waals surface area contributed by atoms with Crippen LogP contribution < -0.4 is 9.47 Å². The Hall–Kier alpha value is -4.13. The monoisotopic (exact) mass is 450 g/mol. The maximum atomic E-state index is 12.0. The van der Waals surface area contributed by atoms with E-state index in [4.69, 9.17) is 18.9 Å². The van der Waals surface area contributed by atoms with Crippen molar-refractivity contribution >= 4 is 24.0 Å². The van der Waals surface area contributed by atoms with Crippen molar-refractivity contribution in [2.75, 3.05) is 13.2 Å². The van der Waals surface area contributed by atoms with Crippen LogP contribution in [0, 0.1) is 0 Å². The molecule has 2 rings (SSSR count). The number of unbranched alkanes of at least 4 members (excludes halogenated alkanes) is 1. The average molecular weight is 450 g/mol. The number of ether oxygens (including phenoxy) is 4. The summed E-state index contributed by atoms with van der Waals surface area (Å²) in [5.74, 6) is -0.385. The Morgan fingerprint density at radius 1 is 0.727 bits per heavy atom. The van der Waals surface area contributed by atoms with E-state index in [9.17, 15) is 14.4 Å². The predicted molar refractivity (Wildman–Crippen MR) is 123 cm³/mol. The quantitative estimate of drug-likeness (QED) is 0.193. The molecular formula is C26H26O7. The fourth-order valence-corrected chi connectivity index (χ4v) is 2.48. The lowest BCUT2D eigenvalue weighted by Crippen LogP contribution is -2.05. The molecule has 0 aliphatic heterocycles. The van der Waals surface area contributed by atoms with Gasteiger partial charge in [0.05, 0.1) is 13.2 Å². The highest BCUT2D eigenvalue weighted by Crippen LogP contribution is 2.18.